The molecule has 0 saturated carbocycles. The molecule has 0 radical (unpaired) electrons. The quantitative estimate of drug-likeness (QED) is 0.824. The fraction of sp³-hybridized carbons (Fsp3) is 0.389. The van der Waals surface area contributed by atoms with Crippen molar-refractivity contribution >= 4 is 28.5 Å². The molecule has 0 aliphatic heterocycles. The number of aromatic nitrogens is 1. The molecule has 0 fully saturated rings. The molecule has 0 atom stereocenters. The number of ether oxygens (including phenoxy) is 2. The molecule has 1 aromatic heterocycles. The van der Waals surface area contributed by atoms with E-state index in [1.165, 1.54) is 0 Å². The number of carbonyl (C=O) groups excluding carboxylic acids is 2. The molecule has 0 saturated heterocycles. The SMILES string of the molecule is CCOC(=O)c1ccc2nc(C)cc(NC(=O)COC(C)C)c2c1. The second-order valence-electron chi connectivity index (χ2n) is 5.67. The summed E-state index contributed by atoms with van der Waals surface area (Å²) >= 11 is 0. The van der Waals surface area contributed by atoms with Gasteiger partial charge in [0.2, 0.25) is 5.91 Å². The third kappa shape index (κ3) is 4.52. The molecule has 0 aliphatic rings. The zero-order chi connectivity index (χ0) is 17.7. The summed E-state index contributed by atoms with van der Waals surface area (Å²) in [6.07, 6.45) is -0.0258. The van der Waals surface area contributed by atoms with Crippen molar-refractivity contribution in [1.82, 2.24) is 4.98 Å². The fourth-order valence-corrected chi connectivity index (χ4v) is 2.23. The maximum atomic E-state index is 12.0. The Balaban J connectivity index is 2.34. The number of esters is 1. The summed E-state index contributed by atoms with van der Waals surface area (Å²) in [4.78, 5) is 28.4. The third-order valence-corrected chi connectivity index (χ3v) is 3.27. The van der Waals surface area contributed by atoms with Crippen molar-refractivity contribution < 1.29 is 19.1 Å². The first-order chi connectivity index (χ1) is 11.4. The van der Waals surface area contributed by atoms with E-state index in [2.05, 4.69) is 10.3 Å². The highest BCUT2D eigenvalue weighted by Gasteiger charge is 2.12. The number of benzene rings is 1. The lowest BCUT2D eigenvalue weighted by Crippen LogP contribution is -2.21. The number of hydrogen-bond acceptors (Lipinski definition) is 5. The molecule has 0 aliphatic carbocycles. The number of amides is 1. The third-order valence-electron chi connectivity index (χ3n) is 3.27. The summed E-state index contributed by atoms with van der Waals surface area (Å²) in [5, 5.41) is 3.51. The Morgan fingerprint density at radius 1 is 1.25 bits per heavy atom. The second-order valence-corrected chi connectivity index (χ2v) is 5.67. The van der Waals surface area contributed by atoms with Crippen molar-refractivity contribution in [2.24, 2.45) is 0 Å². The van der Waals surface area contributed by atoms with Crippen molar-refractivity contribution in [2.45, 2.75) is 33.8 Å². The first-order valence-electron chi connectivity index (χ1n) is 7.90. The summed E-state index contributed by atoms with van der Waals surface area (Å²) in [6.45, 7) is 7.61. The fourth-order valence-electron chi connectivity index (χ4n) is 2.23. The number of pyridine rings is 1. The van der Waals surface area contributed by atoms with Crippen LogP contribution in [-0.4, -0.2) is 36.2 Å². The number of hydrogen-bond donors (Lipinski definition) is 1. The van der Waals surface area contributed by atoms with Gasteiger partial charge in [0, 0.05) is 11.1 Å². The molecule has 6 heteroatoms. The van der Waals surface area contributed by atoms with E-state index >= 15 is 0 Å². The van der Waals surface area contributed by atoms with Crippen LogP contribution in [-0.2, 0) is 14.3 Å². The van der Waals surface area contributed by atoms with Crippen molar-refractivity contribution in [3.05, 3.63) is 35.5 Å². The zero-order valence-corrected chi connectivity index (χ0v) is 14.4. The summed E-state index contributed by atoms with van der Waals surface area (Å²) < 4.78 is 10.3. The van der Waals surface area contributed by atoms with Crippen LogP contribution in [0.3, 0.4) is 0 Å². The Labute approximate surface area is 141 Å². The van der Waals surface area contributed by atoms with Crippen LogP contribution in [0.5, 0.6) is 0 Å². The van der Waals surface area contributed by atoms with E-state index in [0.717, 1.165) is 5.69 Å². The molecular formula is C18H22N2O4. The minimum Gasteiger partial charge on any atom is -0.462 e. The topological polar surface area (TPSA) is 77.5 Å². The van der Waals surface area contributed by atoms with Crippen LogP contribution < -0.4 is 5.32 Å². The molecule has 128 valence electrons. The average Bonchev–Trinajstić information content (AvgIpc) is 2.52. The minimum absolute atomic E-state index is 0.0258. The molecular weight excluding hydrogens is 308 g/mol. The van der Waals surface area contributed by atoms with Gasteiger partial charge in [0.1, 0.15) is 6.61 Å². The predicted molar refractivity (Wildman–Crippen MR) is 92.2 cm³/mol. The van der Waals surface area contributed by atoms with Gasteiger partial charge in [-0.05, 0) is 52.0 Å². The number of aryl methyl sites for hydroxylation is 1. The standard InChI is InChI=1S/C18H22N2O4/c1-5-23-18(22)13-6-7-15-14(9-13)16(8-12(4)19-15)20-17(21)10-24-11(2)3/h6-9,11H,5,10H2,1-4H3,(H,19,20,21). The highest BCUT2D eigenvalue weighted by Crippen LogP contribution is 2.25. The molecule has 0 unspecified atom stereocenters. The van der Waals surface area contributed by atoms with E-state index in [1.54, 1.807) is 31.2 Å². The van der Waals surface area contributed by atoms with Gasteiger partial charge < -0.3 is 14.8 Å². The Morgan fingerprint density at radius 2 is 2.00 bits per heavy atom. The zero-order valence-electron chi connectivity index (χ0n) is 14.4. The van der Waals surface area contributed by atoms with Crippen LogP contribution in [0.2, 0.25) is 0 Å². The highest BCUT2D eigenvalue weighted by atomic mass is 16.5. The second kappa shape index (κ2) is 7.88. The highest BCUT2D eigenvalue weighted by molar-refractivity contribution is 6.04. The largest absolute Gasteiger partial charge is 0.462 e. The van der Waals surface area contributed by atoms with Gasteiger partial charge in [-0.25, -0.2) is 4.79 Å². The van der Waals surface area contributed by atoms with Crippen LogP contribution >= 0.6 is 0 Å². The van der Waals surface area contributed by atoms with Gasteiger partial charge in [-0.1, -0.05) is 0 Å². The number of rotatable bonds is 6. The molecule has 1 aromatic carbocycles. The normalized spacial score (nSPS) is 10.9. The van der Waals surface area contributed by atoms with Gasteiger partial charge >= 0.3 is 5.97 Å². The average molecular weight is 330 g/mol. The minimum atomic E-state index is -0.402. The smallest absolute Gasteiger partial charge is 0.338 e. The Hall–Kier alpha value is -2.47. The van der Waals surface area contributed by atoms with E-state index in [9.17, 15) is 9.59 Å². The lowest BCUT2D eigenvalue weighted by Gasteiger charge is -2.12. The van der Waals surface area contributed by atoms with Gasteiger partial charge in [-0.15, -0.1) is 0 Å². The maximum Gasteiger partial charge on any atom is 0.338 e. The summed E-state index contributed by atoms with van der Waals surface area (Å²) in [7, 11) is 0. The van der Waals surface area contributed by atoms with Crippen LogP contribution in [0.15, 0.2) is 24.3 Å². The summed E-state index contributed by atoms with van der Waals surface area (Å²) in [5.41, 5.74) is 2.49. The van der Waals surface area contributed by atoms with Crippen molar-refractivity contribution in [2.75, 3.05) is 18.5 Å². The molecule has 1 amide bonds. The molecule has 0 bridgehead atoms. The molecule has 1 N–H and O–H groups in total. The lowest BCUT2D eigenvalue weighted by atomic mass is 10.1. The predicted octanol–water partition coefficient (Wildman–Crippen LogP) is 3.08. The Kier molecular flexibility index (Phi) is 5.87. The summed E-state index contributed by atoms with van der Waals surface area (Å²) in [5.74, 6) is -0.655. The first kappa shape index (κ1) is 17.9. The van der Waals surface area contributed by atoms with Crippen molar-refractivity contribution in [3.8, 4) is 0 Å². The van der Waals surface area contributed by atoms with Crippen molar-refractivity contribution in [3.63, 3.8) is 0 Å². The number of nitrogens with zero attached hydrogens (tertiary/aromatic N) is 1. The summed E-state index contributed by atoms with van der Waals surface area (Å²) in [6, 6.07) is 6.86. The number of carbonyl (C=O) groups is 2. The van der Waals surface area contributed by atoms with Crippen molar-refractivity contribution in [1.29, 1.82) is 0 Å². The number of nitrogens with one attached hydrogen (secondary N) is 1. The van der Waals surface area contributed by atoms with E-state index in [4.69, 9.17) is 9.47 Å². The molecule has 1 heterocycles. The molecule has 2 aromatic rings. The number of fused-ring (bicyclic) bond motifs is 1. The van der Waals surface area contributed by atoms with Gasteiger partial charge in [0.05, 0.1) is 29.5 Å². The maximum absolute atomic E-state index is 12.0. The molecule has 6 nitrogen and oxygen atoms in total. The van der Waals surface area contributed by atoms with Gasteiger partial charge in [0.25, 0.3) is 0 Å². The van der Waals surface area contributed by atoms with E-state index in [0.29, 0.717) is 28.8 Å². The van der Waals surface area contributed by atoms with Gasteiger partial charge in [-0.3, -0.25) is 9.78 Å². The van der Waals surface area contributed by atoms with Gasteiger partial charge in [0.15, 0.2) is 0 Å². The Morgan fingerprint density at radius 3 is 2.67 bits per heavy atom. The molecule has 2 rings (SSSR count). The van der Waals surface area contributed by atoms with E-state index in [1.807, 2.05) is 20.8 Å². The monoisotopic (exact) mass is 330 g/mol. The van der Waals surface area contributed by atoms with Crippen LogP contribution in [0.25, 0.3) is 10.9 Å². The number of anilines is 1. The van der Waals surface area contributed by atoms with Crippen LogP contribution in [0, 0.1) is 6.92 Å². The van der Waals surface area contributed by atoms with E-state index in [-0.39, 0.29) is 18.6 Å². The van der Waals surface area contributed by atoms with E-state index < -0.39 is 5.97 Å². The Bertz CT molecular complexity index is 756. The van der Waals surface area contributed by atoms with Gasteiger partial charge in [-0.2, -0.15) is 0 Å². The lowest BCUT2D eigenvalue weighted by molar-refractivity contribution is -0.121. The van der Waals surface area contributed by atoms with Crippen LogP contribution in [0.1, 0.15) is 36.8 Å². The first-order valence-corrected chi connectivity index (χ1v) is 7.90. The van der Waals surface area contributed by atoms with Crippen LogP contribution in [0.4, 0.5) is 5.69 Å². The molecule has 0 spiro atoms. The molecule has 24 heavy (non-hydrogen) atoms.